The van der Waals surface area contributed by atoms with Gasteiger partial charge in [0.15, 0.2) is 0 Å². The summed E-state index contributed by atoms with van der Waals surface area (Å²) in [4.78, 5) is 13.9. The van der Waals surface area contributed by atoms with Crippen LogP contribution in [0, 0.1) is 0 Å². The summed E-state index contributed by atoms with van der Waals surface area (Å²) < 4.78 is 0. The topological polar surface area (TPSA) is 40.5 Å². The Bertz CT molecular complexity index is 476. The van der Waals surface area contributed by atoms with Gasteiger partial charge in [0, 0.05) is 12.6 Å². The molecule has 0 aromatic heterocycles. The van der Waals surface area contributed by atoms with Gasteiger partial charge in [-0.3, -0.25) is 4.79 Å². The van der Waals surface area contributed by atoms with E-state index in [2.05, 4.69) is 26.0 Å². The third-order valence-corrected chi connectivity index (χ3v) is 3.89. The van der Waals surface area contributed by atoms with Gasteiger partial charge >= 0.3 is 0 Å². The molecule has 0 saturated carbocycles. The SMILES string of the molecule is CC(C)c1ccc(C=CC(=O)N2CCCC2CO)cc1. The number of aliphatic hydroxyl groups is 1. The quantitative estimate of drug-likeness (QED) is 0.857. The Balaban J connectivity index is 2.00. The van der Waals surface area contributed by atoms with Crippen LogP contribution in [0.15, 0.2) is 30.3 Å². The summed E-state index contributed by atoms with van der Waals surface area (Å²) in [6, 6.07) is 8.26. The zero-order valence-electron chi connectivity index (χ0n) is 12.2. The van der Waals surface area contributed by atoms with Crippen molar-refractivity contribution in [1.82, 2.24) is 4.90 Å². The van der Waals surface area contributed by atoms with E-state index in [0.717, 1.165) is 24.9 Å². The Morgan fingerprint density at radius 3 is 2.70 bits per heavy atom. The highest BCUT2D eigenvalue weighted by atomic mass is 16.3. The lowest BCUT2D eigenvalue weighted by molar-refractivity contribution is -0.127. The second-order valence-electron chi connectivity index (χ2n) is 5.66. The van der Waals surface area contributed by atoms with Gasteiger partial charge in [0.05, 0.1) is 12.6 Å². The smallest absolute Gasteiger partial charge is 0.246 e. The van der Waals surface area contributed by atoms with Crippen molar-refractivity contribution in [2.24, 2.45) is 0 Å². The average molecular weight is 273 g/mol. The third-order valence-electron chi connectivity index (χ3n) is 3.89. The van der Waals surface area contributed by atoms with Crippen LogP contribution < -0.4 is 0 Å². The number of benzene rings is 1. The number of amides is 1. The molecule has 0 aliphatic carbocycles. The fourth-order valence-electron chi connectivity index (χ4n) is 2.57. The summed E-state index contributed by atoms with van der Waals surface area (Å²) in [5.41, 5.74) is 2.33. The highest BCUT2D eigenvalue weighted by molar-refractivity contribution is 5.92. The van der Waals surface area contributed by atoms with E-state index in [9.17, 15) is 9.90 Å². The third kappa shape index (κ3) is 3.48. The Labute approximate surface area is 120 Å². The molecule has 108 valence electrons. The van der Waals surface area contributed by atoms with Gasteiger partial charge < -0.3 is 10.0 Å². The van der Waals surface area contributed by atoms with Crippen LogP contribution in [0.4, 0.5) is 0 Å². The van der Waals surface area contributed by atoms with E-state index >= 15 is 0 Å². The van der Waals surface area contributed by atoms with Gasteiger partial charge in [0.2, 0.25) is 5.91 Å². The highest BCUT2D eigenvalue weighted by Gasteiger charge is 2.26. The average Bonchev–Trinajstić information content (AvgIpc) is 2.93. The van der Waals surface area contributed by atoms with Crippen LogP contribution in [-0.2, 0) is 4.79 Å². The molecule has 1 unspecified atom stereocenters. The molecule has 1 atom stereocenters. The van der Waals surface area contributed by atoms with E-state index in [-0.39, 0.29) is 18.6 Å². The second-order valence-corrected chi connectivity index (χ2v) is 5.66. The molecule has 1 N–H and O–H groups in total. The molecule has 1 aliphatic rings. The van der Waals surface area contributed by atoms with Gasteiger partial charge in [-0.15, -0.1) is 0 Å². The molecule has 3 heteroatoms. The maximum absolute atomic E-state index is 12.1. The molecular weight excluding hydrogens is 250 g/mol. The number of carbonyl (C=O) groups excluding carboxylic acids is 1. The molecule has 20 heavy (non-hydrogen) atoms. The number of likely N-dealkylation sites (tertiary alicyclic amines) is 1. The van der Waals surface area contributed by atoms with Gasteiger partial charge in [-0.25, -0.2) is 0 Å². The summed E-state index contributed by atoms with van der Waals surface area (Å²) in [5, 5.41) is 9.24. The van der Waals surface area contributed by atoms with Crippen molar-refractivity contribution in [2.75, 3.05) is 13.2 Å². The van der Waals surface area contributed by atoms with E-state index in [1.54, 1.807) is 11.0 Å². The minimum Gasteiger partial charge on any atom is -0.394 e. The molecule has 2 rings (SSSR count). The molecular formula is C17H23NO2. The molecule has 1 amide bonds. The second kappa shape index (κ2) is 6.71. The fraction of sp³-hybridized carbons (Fsp3) is 0.471. The molecule has 1 heterocycles. The van der Waals surface area contributed by atoms with Crippen molar-refractivity contribution in [3.8, 4) is 0 Å². The zero-order chi connectivity index (χ0) is 14.5. The van der Waals surface area contributed by atoms with E-state index in [0.29, 0.717) is 5.92 Å². The lowest BCUT2D eigenvalue weighted by Crippen LogP contribution is -2.36. The van der Waals surface area contributed by atoms with Crippen LogP contribution in [0.2, 0.25) is 0 Å². The summed E-state index contributed by atoms with van der Waals surface area (Å²) in [6.07, 6.45) is 5.34. The van der Waals surface area contributed by atoms with Crippen molar-refractivity contribution in [3.05, 3.63) is 41.5 Å². The van der Waals surface area contributed by atoms with E-state index < -0.39 is 0 Å². The lowest BCUT2D eigenvalue weighted by atomic mass is 10.0. The van der Waals surface area contributed by atoms with Crippen LogP contribution in [-0.4, -0.2) is 35.1 Å². The number of nitrogens with zero attached hydrogens (tertiary/aromatic N) is 1. The van der Waals surface area contributed by atoms with Crippen LogP contribution in [0.5, 0.6) is 0 Å². The standard InChI is InChI=1S/C17H23NO2/c1-13(2)15-8-5-14(6-9-15)7-10-17(20)18-11-3-4-16(18)12-19/h5-10,13,16,19H,3-4,11-12H2,1-2H3. The molecule has 1 aliphatic heterocycles. The van der Waals surface area contributed by atoms with Gasteiger partial charge in [-0.05, 0) is 36.0 Å². The summed E-state index contributed by atoms with van der Waals surface area (Å²) >= 11 is 0. The van der Waals surface area contributed by atoms with Crippen molar-refractivity contribution in [1.29, 1.82) is 0 Å². The summed E-state index contributed by atoms with van der Waals surface area (Å²) in [5.74, 6) is 0.513. The van der Waals surface area contributed by atoms with Crippen LogP contribution in [0.25, 0.3) is 6.08 Å². The van der Waals surface area contributed by atoms with Gasteiger partial charge in [0.1, 0.15) is 0 Å². The lowest BCUT2D eigenvalue weighted by Gasteiger charge is -2.21. The van der Waals surface area contributed by atoms with Gasteiger partial charge in [0.25, 0.3) is 0 Å². The van der Waals surface area contributed by atoms with Crippen molar-refractivity contribution in [3.63, 3.8) is 0 Å². The van der Waals surface area contributed by atoms with Gasteiger partial charge in [-0.1, -0.05) is 38.1 Å². The molecule has 1 fully saturated rings. The minimum absolute atomic E-state index is 0.00420. The Morgan fingerprint density at radius 2 is 2.10 bits per heavy atom. The fourth-order valence-corrected chi connectivity index (χ4v) is 2.57. The number of carbonyl (C=O) groups is 1. The first-order chi connectivity index (χ1) is 9.61. The van der Waals surface area contributed by atoms with Crippen LogP contribution in [0.3, 0.4) is 0 Å². The molecule has 1 aromatic rings. The number of aliphatic hydroxyl groups excluding tert-OH is 1. The summed E-state index contributed by atoms with van der Waals surface area (Å²) in [7, 11) is 0. The first kappa shape index (κ1) is 14.8. The molecule has 1 saturated heterocycles. The van der Waals surface area contributed by atoms with Crippen molar-refractivity contribution < 1.29 is 9.90 Å². The predicted octanol–water partition coefficient (Wildman–Crippen LogP) is 2.81. The van der Waals surface area contributed by atoms with Crippen molar-refractivity contribution in [2.45, 2.75) is 38.6 Å². The predicted molar refractivity (Wildman–Crippen MR) is 81.4 cm³/mol. The number of rotatable bonds is 4. The number of hydrogen-bond donors (Lipinski definition) is 1. The monoisotopic (exact) mass is 273 g/mol. The molecule has 0 bridgehead atoms. The molecule has 0 spiro atoms. The normalized spacial score (nSPS) is 19.2. The Morgan fingerprint density at radius 1 is 1.40 bits per heavy atom. The van der Waals surface area contributed by atoms with E-state index in [1.165, 1.54) is 5.56 Å². The van der Waals surface area contributed by atoms with E-state index in [4.69, 9.17) is 0 Å². The van der Waals surface area contributed by atoms with Crippen LogP contribution >= 0.6 is 0 Å². The number of hydrogen-bond acceptors (Lipinski definition) is 2. The zero-order valence-corrected chi connectivity index (χ0v) is 12.2. The van der Waals surface area contributed by atoms with Crippen LogP contribution in [0.1, 0.15) is 43.7 Å². The first-order valence-electron chi connectivity index (χ1n) is 7.31. The Kier molecular flexibility index (Phi) is 4.96. The molecule has 0 radical (unpaired) electrons. The minimum atomic E-state index is -0.00511. The highest BCUT2D eigenvalue weighted by Crippen LogP contribution is 2.18. The van der Waals surface area contributed by atoms with Gasteiger partial charge in [-0.2, -0.15) is 0 Å². The molecule has 3 nitrogen and oxygen atoms in total. The largest absolute Gasteiger partial charge is 0.394 e. The van der Waals surface area contributed by atoms with E-state index in [1.807, 2.05) is 18.2 Å². The maximum atomic E-state index is 12.1. The Hall–Kier alpha value is -1.61. The first-order valence-corrected chi connectivity index (χ1v) is 7.31. The van der Waals surface area contributed by atoms with Crippen molar-refractivity contribution >= 4 is 12.0 Å². The molecule has 1 aromatic carbocycles. The maximum Gasteiger partial charge on any atom is 0.246 e. The summed E-state index contributed by atoms with van der Waals surface area (Å²) in [6.45, 7) is 5.14.